The van der Waals surface area contributed by atoms with Crippen LogP contribution in [0, 0.1) is 0 Å². The van der Waals surface area contributed by atoms with Gasteiger partial charge in [0.2, 0.25) is 5.91 Å². The highest BCUT2D eigenvalue weighted by Crippen LogP contribution is 2.21. The van der Waals surface area contributed by atoms with Gasteiger partial charge >= 0.3 is 6.03 Å². The molecule has 0 aliphatic carbocycles. The highest BCUT2D eigenvalue weighted by atomic mass is 16.5. The van der Waals surface area contributed by atoms with Crippen molar-refractivity contribution in [1.82, 2.24) is 25.5 Å². The first-order chi connectivity index (χ1) is 13.1. The average Bonchev–Trinajstić information content (AvgIpc) is 3.26. The monoisotopic (exact) mass is 371 g/mol. The van der Waals surface area contributed by atoms with Gasteiger partial charge in [-0.1, -0.05) is 18.2 Å². The number of imidazole rings is 1. The molecule has 1 atom stereocenters. The molecule has 3 rings (SSSR count). The van der Waals surface area contributed by atoms with E-state index in [0.29, 0.717) is 24.3 Å². The molecule has 27 heavy (non-hydrogen) atoms. The third-order valence-electron chi connectivity index (χ3n) is 4.29. The minimum Gasteiger partial charge on any atom is -0.496 e. The van der Waals surface area contributed by atoms with E-state index in [1.807, 2.05) is 6.07 Å². The minimum atomic E-state index is -0.862. The number of nitrogens with one attached hydrogen (secondary N) is 3. The standard InChI is InChI=1S/C18H21N5O4/c1-27-15-5-3-2-4-12(15)10-23-17(25)14(22-18(23)26)8-16(24)20-7-6-13-9-19-11-21-13/h2-5,9,11,14H,6-8,10H2,1H3,(H,19,21)(H,20,24)(H,22,26)/t14-/m1/s1. The number of ether oxygens (including phenoxy) is 1. The van der Waals surface area contributed by atoms with Crippen molar-refractivity contribution in [3.8, 4) is 5.75 Å². The number of nitrogens with zero attached hydrogens (tertiary/aromatic N) is 2. The highest BCUT2D eigenvalue weighted by Gasteiger charge is 2.39. The average molecular weight is 371 g/mol. The van der Waals surface area contributed by atoms with Crippen LogP contribution in [0.25, 0.3) is 0 Å². The van der Waals surface area contributed by atoms with E-state index < -0.39 is 18.0 Å². The molecule has 0 radical (unpaired) electrons. The summed E-state index contributed by atoms with van der Waals surface area (Å²) in [5.41, 5.74) is 1.62. The fraction of sp³-hybridized carbons (Fsp3) is 0.333. The van der Waals surface area contributed by atoms with Crippen LogP contribution in [0.3, 0.4) is 0 Å². The molecule has 0 saturated carbocycles. The number of amides is 4. The molecule has 142 valence electrons. The number of H-pyrrole nitrogens is 1. The maximum atomic E-state index is 12.5. The van der Waals surface area contributed by atoms with E-state index in [1.54, 1.807) is 30.7 Å². The summed E-state index contributed by atoms with van der Waals surface area (Å²) in [4.78, 5) is 44.7. The van der Waals surface area contributed by atoms with Gasteiger partial charge < -0.3 is 20.4 Å². The zero-order valence-electron chi connectivity index (χ0n) is 14.9. The molecular weight excluding hydrogens is 350 g/mol. The second-order valence-electron chi connectivity index (χ2n) is 6.12. The quantitative estimate of drug-likeness (QED) is 0.587. The molecule has 4 amide bonds. The van der Waals surface area contributed by atoms with Gasteiger partial charge in [0.05, 0.1) is 26.4 Å². The maximum absolute atomic E-state index is 12.5. The molecule has 1 fully saturated rings. The van der Waals surface area contributed by atoms with Crippen molar-refractivity contribution in [2.45, 2.75) is 25.4 Å². The zero-order valence-corrected chi connectivity index (χ0v) is 14.9. The van der Waals surface area contributed by atoms with E-state index in [0.717, 1.165) is 10.6 Å². The van der Waals surface area contributed by atoms with Crippen LogP contribution >= 0.6 is 0 Å². The zero-order chi connectivity index (χ0) is 19.2. The SMILES string of the molecule is COc1ccccc1CN1C(=O)N[C@H](CC(=O)NCCc2cnc[nH]2)C1=O. The molecule has 9 heteroatoms. The van der Waals surface area contributed by atoms with E-state index in [-0.39, 0.29) is 18.9 Å². The fourth-order valence-electron chi connectivity index (χ4n) is 2.88. The van der Waals surface area contributed by atoms with Crippen molar-refractivity contribution in [3.63, 3.8) is 0 Å². The summed E-state index contributed by atoms with van der Waals surface area (Å²) in [7, 11) is 1.53. The molecule has 0 spiro atoms. The fourth-order valence-corrected chi connectivity index (χ4v) is 2.88. The van der Waals surface area contributed by atoms with E-state index in [2.05, 4.69) is 20.6 Å². The van der Waals surface area contributed by atoms with Crippen LogP contribution in [0.5, 0.6) is 5.75 Å². The van der Waals surface area contributed by atoms with Gasteiger partial charge in [0.1, 0.15) is 11.8 Å². The van der Waals surface area contributed by atoms with Gasteiger partial charge in [0.15, 0.2) is 0 Å². The summed E-state index contributed by atoms with van der Waals surface area (Å²) >= 11 is 0. The molecule has 1 aliphatic rings. The molecular formula is C18H21N5O4. The van der Waals surface area contributed by atoms with Crippen LogP contribution in [0.2, 0.25) is 0 Å². The summed E-state index contributed by atoms with van der Waals surface area (Å²) in [6, 6.07) is 5.79. The van der Waals surface area contributed by atoms with Gasteiger partial charge in [-0.3, -0.25) is 14.5 Å². The van der Waals surface area contributed by atoms with Gasteiger partial charge in [-0.25, -0.2) is 9.78 Å². The third kappa shape index (κ3) is 4.43. The first-order valence-corrected chi connectivity index (χ1v) is 8.56. The lowest BCUT2D eigenvalue weighted by molar-refractivity contribution is -0.131. The normalized spacial score (nSPS) is 16.3. The Hall–Kier alpha value is -3.36. The van der Waals surface area contributed by atoms with Crippen LogP contribution < -0.4 is 15.4 Å². The van der Waals surface area contributed by atoms with Crippen molar-refractivity contribution in [2.24, 2.45) is 0 Å². The number of urea groups is 1. The van der Waals surface area contributed by atoms with Crippen molar-refractivity contribution < 1.29 is 19.1 Å². The second-order valence-corrected chi connectivity index (χ2v) is 6.12. The summed E-state index contributed by atoms with van der Waals surface area (Å²) in [5, 5.41) is 5.30. The van der Waals surface area contributed by atoms with Crippen molar-refractivity contribution in [2.75, 3.05) is 13.7 Å². The van der Waals surface area contributed by atoms with E-state index in [4.69, 9.17) is 4.74 Å². The van der Waals surface area contributed by atoms with E-state index in [9.17, 15) is 14.4 Å². The third-order valence-corrected chi connectivity index (χ3v) is 4.29. The molecule has 9 nitrogen and oxygen atoms in total. The number of para-hydroxylation sites is 1. The Bertz CT molecular complexity index is 821. The Morgan fingerprint density at radius 2 is 2.15 bits per heavy atom. The van der Waals surface area contributed by atoms with Crippen molar-refractivity contribution >= 4 is 17.8 Å². The number of aromatic amines is 1. The van der Waals surface area contributed by atoms with Crippen LogP contribution in [0.1, 0.15) is 17.7 Å². The number of rotatable bonds is 8. The Balaban J connectivity index is 1.53. The van der Waals surface area contributed by atoms with Gasteiger partial charge in [0.25, 0.3) is 5.91 Å². The highest BCUT2D eigenvalue weighted by molar-refractivity contribution is 6.05. The minimum absolute atomic E-state index is 0.0899. The van der Waals surface area contributed by atoms with Gasteiger partial charge in [-0.2, -0.15) is 0 Å². The molecule has 3 N–H and O–H groups in total. The first kappa shape index (κ1) is 18.4. The molecule has 1 aromatic heterocycles. The number of carbonyl (C=O) groups excluding carboxylic acids is 3. The predicted octanol–water partition coefficient (Wildman–Crippen LogP) is 0.588. The number of methoxy groups -OCH3 is 1. The van der Waals surface area contributed by atoms with Crippen molar-refractivity contribution in [3.05, 3.63) is 48.0 Å². The molecule has 0 bridgehead atoms. The Kier molecular flexibility index (Phi) is 5.70. The van der Waals surface area contributed by atoms with Gasteiger partial charge in [-0.15, -0.1) is 0 Å². The molecule has 2 heterocycles. The molecule has 1 aromatic carbocycles. The molecule has 1 aliphatic heterocycles. The van der Waals surface area contributed by atoms with Crippen LogP contribution in [-0.4, -0.2) is 52.4 Å². The summed E-state index contributed by atoms with van der Waals surface area (Å²) in [6.45, 7) is 0.507. The maximum Gasteiger partial charge on any atom is 0.325 e. The largest absolute Gasteiger partial charge is 0.496 e. The van der Waals surface area contributed by atoms with Crippen LogP contribution in [0.4, 0.5) is 4.79 Å². The first-order valence-electron chi connectivity index (χ1n) is 8.56. The summed E-state index contributed by atoms with van der Waals surface area (Å²) in [5.74, 6) is -0.125. The van der Waals surface area contributed by atoms with Gasteiger partial charge in [0, 0.05) is 30.4 Å². The number of imide groups is 1. The van der Waals surface area contributed by atoms with E-state index in [1.165, 1.54) is 7.11 Å². The lowest BCUT2D eigenvalue weighted by Crippen LogP contribution is -2.37. The Morgan fingerprint density at radius 1 is 1.33 bits per heavy atom. The number of benzene rings is 1. The number of carbonyl (C=O) groups is 3. The molecule has 2 aromatic rings. The topological polar surface area (TPSA) is 116 Å². The lowest BCUT2D eigenvalue weighted by atomic mass is 10.1. The number of hydrogen-bond acceptors (Lipinski definition) is 5. The van der Waals surface area contributed by atoms with Crippen LogP contribution in [0.15, 0.2) is 36.8 Å². The predicted molar refractivity (Wildman–Crippen MR) is 95.8 cm³/mol. The number of aromatic nitrogens is 2. The Morgan fingerprint density at radius 3 is 2.89 bits per heavy atom. The number of hydrogen-bond donors (Lipinski definition) is 3. The van der Waals surface area contributed by atoms with Crippen LogP contribution in [-0.2, 0) is 22.6 Å². The summed E-state index contributed by atoms with van der Waals surface area (Å²) < 4.78 is 5.25. The molecule has 1 saturated heterocycles. The lowest BCUT2D eigenvalue weighted by Gasteiger charge is -2.15. The second kappa shape index (κ2) is 8.35. The summed E-state index contributed by atoms with van der Waals surface area (Å²) in [6.07, 6.45) is 3.76. The smallest absolute Gasteiger partial charge is 0.325 e. The van der Waals surface area contributed by atoms with E-state index >= 15 is 0 Å². The van der Waals surface area contributed by atoms with Crippen molar-refractivity contribution in [1.29, 1.82) is 0 Å². The van der Waals surface area contributed by atoms with Gasteiger partial charge in [-0.05, 0) is 6.07 Å². The Labute approximate surface area is 156 Å². The molecule has 0 unspecified atom stereocenters.